The topological polar surface area (TPSA) is 81.0 Å². The van der Waals surface area contributed by atoms with Crippen molar-refractivity contribution >= 4 is 11.8 Å². The lowest BCUT2D eigenvalue weighted by molar-refractivity contribution is -0.125. The molecule has 1 aromatic heterocycles. The first-order chi connectivity index (χ1) is 12.6. The number of amides is 2. The predicted molar refractivity (Wildman–Crippen MR) is 94.2 cm³/mol. The first-order valence-electron chi connectivity index (χ1n) is 8.47. The fourth-order valence-corrected chi connectivity index (χ4v) is 3.12. The fourth-order valence-electron chi connectivity index (χ4n) is 3.12. The Kier molecular flexibility index (Phi) is 5.46. The van der Waals surface area contributed by atoms with E-state index < -0.39 is 6.04 Å². The minimum Gasteiger partial charge on any atom is -0.493 e. The molecule has 1 atom stereocenters. The number of carbonyl (C=O) groups is 2. The third kappa shape index (κ3) is 3.66. The van der Waals surface area contributed by atoms with Gasteiger partial charge in [-0.2, -0.15) is 0 Å². The van der Waals surface area contributed by atoms with Crippen molar-refractivity contribution in [2.45, 2.75) is 25.4 Å². The van der Waals surface area contributed by atoms with Crippen LogP contribution in [-0.2, 0) is 11.3 Å². The van der Waals surface area contributed by atoms with Gasteiger partial charge in [0.05, 0.1) is 20.5 Å². The number of ether oxygens (including phenoxy) is 2. The summed E-state index contributed by atoms with van der Waals surface area (Å²) in [6.07, 6.45) is 2.89. The summed E-state index contributed by atoms with van der Waals surface area (Å²) in [6.45, 7) is 0.895. The third-order valence-electron chi connectivity index (χ3n) is 4.46. The number of methoxy groups -OCH3 is 2. The predicted octanol–water partition coefficient (Wildman–Crippen LogP) is 2.22. The molecule has 1 fully saturated rings. The molecule has 2 heterocycles. The normalized spacial score (nSPS) is 16.4. The summed E-state index contributed by atoms with van der Waals surface area (Å²) < 4.78 is 15.6. The molecular weight excluding hydrogens is 336 g/mol. The van der Waals surface area contributed by atoms with Gasteiger partial charge < -0.3 is 24.1 Å². The van der Waals surface area contributed by atoms with Crippen LogP contribution >= 0.6 is 0 Å². The summed E-state index contributed by atoms with van der Waals surface area (Å²) in [4.78, 5) is 26.6. The minimum absolute atomic E-state index is 0.169. The van der Waals surface area contributed by atoms with Crippen LogP contribution in [0, 0.1) is 0 Å². The molecule has 0 spiro atoms. The molecule has 3 rings (SSSR count). The van der Waals surface area contributed by atoms with E-state index in [4.69, 9.17) is 13.9 Å². The zero-order valence-corrected chi connectivity index (χ0v) is 14.9. The van der Waals surface area contributed by atoms with E-state index in [1.165, 1.54) is 6.26 Å². The van der Waals surface area contributed by atoms with Crippen molar-refractivity contribution in [2.75, 3.05) is 20.8 Å². The van der Waals surface area contributed by atoms with Crippen LogP contribution in [-0.4, -0.2) is 43.5 Å². The highest BCUT2D eigenvalue weighted by Gasteiger charge is 2.35. The van der Waals surface area contributed by atoms with Crippen LogP contribution in [0.1, 0.15) is 29.0 Å². The number of furan rings is 1. The minimum atomic E-state index is -0.479. The number of likely N-dealkylation sites (tertiary alicyclic amines) is 1. The number of nitrogens with one attached hydrogen (secondary N) is 1. The van der Waals surface area contributed by atoms with E-state index in [1.54, 1.807) is 37.3 Å². The molecule has 0 bridgehead atoms. The maximum atomic E-state index is 12.6. The van der Waals surface area contributed by atoms with Gasteiger partial charge in [0.25, 0.3) is 5.91 Å². The van der Waals surface area contributed by atoms with Crippen molar-refractivity contribution in [1.29, 1.82) is 0 Å². The van der Waals surface area contributed by atoms with Gasteiger partial charge in [0.1, 0.15) is 6.04 Å². The Bertz CT molecular complexity index is 772. The second-order valence-electron chi connectivity index (χ2n) is 6.04. The third-order valence-corrected chi connectivity index (χ3v) is 4.46. The van der Waals surface area contributed by atoms with E-state index >= 15 is 0 Å². The quantitative estimate of drug-likeness (QED) is 0.856. The first kappa shape index (κ1) is 17.8. The van der Waals surface area contributed by atoms with Gasteiger partial charge in [0.15, 0.2) is 17.3 Å². The maximum Gasteiger partial charge on any atom is 0.290 e. The summed E-state index contributed by atoms with van der Waals surface area (Å²) in [5.41, 5.74) is 0.887. The Morgan fingerprint density at radius 3 is 2.73 bits per heavy atom. The van der Waals surface area contributed by atoms with Crippen molar-refractivity contribution in [1.82, 2.24) is 10.2 Å². The van der Waals surface area contributed by atoms with Crippen molar-refractivity contribution in [3.63, 3.8) is 0 Å². The van der Waals surface area contributed by atoms with Gasteiger partial charge in [0.2, 0.25) is 5.91 Å². The van der Waals surface area contributed by atoms with Gasteiger partial charge in [-0.05, 0) is 42.7 Å². The fraction of sp³-hybridized carbons (Fsp3) is 0.368. The Hall–Kier alpha value is -2.96. The second-order valence-corrected chi connectivity index (χ2v) is 6.04. The van der Waals surface area contributed by atoms with E-state index in [2.05, 4.69) is 5.32 Å². The van der Waals surface area contributed by atoms with E-state index in [-0.39, 0.29) is 17.6 Å². The van der Waals surface area contributed by atoms with Crippen molar-refractivity contribution < 1.29 is 23.5 Å². The van der Waals surface area contributed by atoms with Crippen LogP contribution in [0.15, 0.2) is 41.0 Å². The molecule has 26 heavy (non-hydrogen) atoms. The van der Waals surface area contributed by atoms with E-state index in [0.29, 0.717) is 31.0 Å². The molecule has 0 radical (unpaired) electrons. The monoisotopic (exact) mass is 358 g/mol. The average Bonchev–Trinajstić information content (AvgIpc) is 3.37. The maximum absolute atomic E-state index is 12.6. The van der Waals surface area contributed by atoms with E-state index in [9.17, 15) is 9.59 Å². The van der Waals surface area contributed by atoms with Crippen molar-refractivity contribution in [2.24, 2.45) is 0 Å². The summed E-state index contributed by atoms with van der Waals surface area (Å²) >= 11 is 0. The first-order valence-corrected chi connectivity index (χ1v) is 8.47. The lowest BCUT2D eigenvalue weighted by atomic mass is 10.1. The van der Waals surface area contributed by atoms with E-state index in [1.807, 2.05) is 12.1 Å². The lowest BCUT2D eigenvalue weighted by Gasteiger charge is -2.23. The number of hydrogen-bond acceptors (Lipinski definition) is 5. The van der Waals surface area contributed by atoms with Crippen LogP contribution in [0.4, 0.5) is 0 Å². The van der Waals surface area contributed by atoms with Crippen LogP contribution in [0.25, 0.3) is 0 Å². The zero-order valence-electron chi connectivity index (χ0n) is 14.9. The summed E-state index contributed by atoms with van der Waals surface area (Å²) in [5, 5.41) is 2.90. The molecule has 1 aliphatic rings. The molecule has 1 unspecified atom stereocenters. The van der Waals surface area contributed by atoms with Crippen LogP contribution in [0.2, 0.25) is 0 Å². The number of carbonyl (C=O) groups excluding carboxylic acids is 2. The Balaban J connectivity index is 1.63. The molecule has 0 saturated carbocycles. The zero-order chi connectivity index (χ0) is 18.5. The molecule has 1 aromatic carbocycles. The van der Waals surface area contributed by atoms with Gasteiger partial charge >= 0.3 is 0 Å². The Morgan fingerprint density at radius 1 is 1.23 bits per heavy atom. The smallest absolute Gasteiger partial charge is 0.290 e. The highest BCUT2D eigenvalue weighted by atomic mass is 16.5. The molecule has 1 aliphatic heterocycles. The SMILES string of the molecule is COc1ccc(CNC(=O)C2CCCN2C(=O)c2ccco2)cc1OC. The van der Waals surface area contributed by atoms with Gasteiger partial charge in [-0.15, -0.1) is 0 Å². The lowest BCUT2D eigenvalue weighted by Crippen LogP contribution is -2.45. The molecule has 1 saturated heterocycles. The Labute approximate surface area is 151 Å². The van der Waals surface area contributed by atoms with E-state index in [0.717, 1.165) is 12.0 Å². The molecule has 7 nitrogen and oxygen atoms in total. The summed E-state index contributed by atoms with van der Waals surface area (Å²) in [7, 11) is 3.14. The highest BCUT2D eigenvalue weighted by Crippen LogP contribution is 2.27. The Morgan fingerprint density at radius 2 is 2.04 bits per heavy atom. The molecule has 138 valence electrons. The largest absolute Gasteiger partial charge is 0.493 e. The standard InChI is InChI=1S/C19H22N2O5/c1-24-15-8-7-13(11-17(15)25-2)12-20-18(22)14-5-3-9-21(14)19(23)16-6-4-10-26-16/h4,6-8,10-11,14H,3,5,9,12H2,1-2H3,(H,20,22). The number of nitrogens with zero attached hydrogens (tertiary/aromatic N) is 1. The molecule has 1 N–H and O–H groups in total. The average molecular weight is 358 g/mol. The van der Waals surface area contributed by atoms with Crippen LogP contribution in [0.5, 0.6) is 11.5 Å². The second kappa shape index (κ2) is 7.95. The number of hydrogen-bond donors (Lipinski definition) is 1. The van der Waals surface area contributed by atoms with Crippen LogP contribution in [0.3, 0.4) is 0 Å². The number of benzene rings is 1. The van der Waals surface area contributed by atoms with Crippen molar-refractivity contribution in [3.05, 3.63) is 47.9 Å². The number of rotatable bonds is 6. The van der Waals surface area contributed by atoms with Gasteiger partial charge in [0, 0.05) is 13.1 Å². The van der Waals surface area contributed by atoms with Gasteiger partial charge in [-0.3, -0.25) is 9.59 Å². The summed E-state index contributed by atoms with van der Waals surface area (Å²) in [5.74, 6) is 1.07. The van der Waals surface area contributed by atoms with Crippen molar-refractivity contribution in [3.8, 4) is 11.5 Å². The van der Waals surface area contributed by atoms with Crippen LogP contribution < -0.4 is 14.8 Å². The molecule has 0 aliphatic carbocycles. The molecular formula is C19H22N2O5. The van der Waals surface area contributed by atoms with Gasteiger partial charge in [-0.1, -0.05) is 6.07 Å². The summed E-state index contributed by atoms with van der Waals surface area (Å²) in [6, 6.07) is 8.27. The van der Waals surface area contributed by atoms with Gasteiger partial charge in [-0.25, -0.2) is 0 Å². The molecule has 2 aromatic rings. The highest BCUT2D eigenvalue weighted by molar-refractivity contribution is 5.95. The molecule has 2 amide bonds. The molecule has 7 heteroatoms.